The van der Waals surface area contributed by atoms with E-state index in [-0.39, 0.29) is 30.8 Å². The highest BCUT2D eigenvalue weighted by Gasteiger charge is 2.34. The highest BCUT2D eigenvalue weighted by Crippen LogP contribution is 2.15. The number of carbonyl (C=O) groups is 1. The van der Waals surface area contributed by atoms with Crippen molar-refractivity contribution in [1.82, 2.24) is 10.2 Å². The normalized spacial score (nSPS) is 27.6. The van der Waals surface area contributed by atoms with Gasteiger partial charge in [0.1, 0.15) is 6.61 Å². The molecular weight excluding hydrogens is 224 g/mol. The van der Waals surface area contributed by atoms with Gasteiger partial charge in [0, 0.05) is 26.2 Å². The van der Waals surface area contributed by atoms with Crippen LogP contribution in [0.25, 0.3) is 0 Å². The van der Waals surface area contributed by atoms with Gasteiger partial charge < -0.3 is 24.8 Å². The van der Waals surface area contributed by atoms with Gasteiger partial charge in [-0.15, -0.1) is 0 Å². The summed E-state index contributed by atoms with van der Waals surface area (Å²) in [5.74, 6) is -0.0279. The van der Waals surface area contributed by atoms with Gasteiger partial charge in [-0.1, -0.05) is 0 Å². The molecule has 6 nitrogen and oxygen atoms in total. The molecule has 0 aliphatic carbocycles. The van der Waals surface area contributed by atoms with Gasteiger partial charge in [-0.25, -0.2) is 0 Å². The third-order valence-electron chi connectivity index (χ3n) is 3.24. The Morgan fingerprint density at radius 2 is 2.41 bits per heavy atom. The van der Waals surface area contributed by atoms with Gasteiger partial charge in [0.15, 0.2) is 0 Å². The lowest BCUT2D eigenvalue weighted by molar-refractivity contribution is -0.153. The Morgan fingerprint density at radius 3 is 3.00 bits per heavy atom. The number of rotatable bonds is 4. The molecule has 2 aliphatic rings. The van der Waals surface area contributed by atoms with E-state index >= 15 is 0 Å². The first-order valence-corrected chi connectivity index (χ1v) is 5.98. The van der Waals surface area contributed by atoms with Gasteiger partial charge >= 0.3 is 0 Å². The zero-order chi connectivity index (χ0) is 12.3. The second-order valence-electron chi connectivity index (χ2n) is 4.86. The van der Waals surface area contributed by atoms with Crippen molar-refractivity contribution in [2.75, 3.05) is 46.0 Å². The van der Waals surface area contributed by atoms with Gasteiger partial charge in [-0.05, 0) is 6.92 Å². The summed E-state index contributed by atoms with van der Waals surface area (Å²) in [6.07, 6.45) is -0.256. The van der Waals surface area contributed by atoms with Crippen molar-refractivity contribution < 1.29 is 19.4 Å². The fourth-order valence-electron chi connectivity index (χ4n) is 1.96. The number of morpholine rings is 1. The largest absolute Gasteiger partial charge is 0.394 e. The number of hydrogen-bond acceptors (Lipinski definition) is 5. The molecule has 0 aromatic heterocycles. The summed E-state index contributed by atoms with van der Waals surface area (Å²) >= 11 is 0. The Balaban J connectivity index is 1.75. The summed E-state index contributed by atoms with van der Waals surface area (Å²) < 4.78 is 10.9. The maximum Gasteiger partial charge on any atom is 0.248 e. The molecule has 0 aromatic carbocycles. The molecule has 17 heavy (non-hydrogen) atoms. The lowest BCUT2D eigenvalue weighted by atomic mass is 10.0. The predicted molar refractivity (Wildman–Crippen MR) is 60.6 cm³/mol. The molecule has 1 amide bonds. The van der Waals surface area contributed by atoms with Crippen molar-refractivity contribution in [3.63, 3.8) is 0 Å². The van der Waals surface area contributed by atoms with Gasteiger partial charge in [0.25, 0.3) is 0 Å². The standard InChI is InChI=1S/C11H20N2O4/c1-11(7-12-8-11)17-6-10(15)13-2-3-16-9(4-13)5-14/h9,12,14H,2-8H2,1H3. The van der Waals surface area contributed by atoms with Crippen LogP contribution in [0, 0.1) is 0 Å². The number of amides is 1. The Kier molecular flexibility index (Phi) is 3.98. The van der Waals surface area contributed by atoms with E-state index in [1.165, 1.54) is 0 Å². The van der Waals surface area contributed by atoms with Crippen LogP contribution in [0.5, 0.6) is 0 Å². The van der Waals surface area contributed by atoms with Gasteiger partial charge in [-0.3, -0.25) is 4.79 Å². The van der Waals surface area contributed by atoms with E-state index in [9.17, 15) is 4.79 Å². The van der Waals surface area contributed by atoms with Gasteiger partial charge in [-0.2, -0.15) is 0 Å². The van der Waals surface area contributed by atoms with Crippen molar-refractivity contribution in [2.24, 2.45) is 0 Å². The molecule has 1 unspecified atom stereocenters. The van der Waals surface area contributed by atoms with E-state index in [0.29, 0.717) is 19.7 Å². The molecular formula is C11H20N2O4. The smallest absolute Gasteiger partial charge is 0.248 e. The lowest BCUT2D eigenvalue weighted by Gasteiger charge is -2.39. The van der Waals surface area contributed by atoms with Crippen LogP contribution in [0.3, 0.4) is 0 Å². The Hall–Kier alpha value is -0.690. The zero-order valence-electron chi connectivity index (χ0n) is 10.1. The van der Waals surface area contributed by atoms with Crippen molar-refractivity contribution >= 4 is 5.91 Å². The minimum atomic E-state index is -0.256. The van der Waals surface area contributed by atoms with Crippen LogP contribution in [-0.4, -0.2) is 73.6 Å². The molecule has 2 N–H and O–H groups in total. The summed E-state index contributed by atoms with van der Waals surface area (Å²) in [5, 5.41) is 12.1. The molecule has 6 heteroatoms. The van der Waals surface area contributed by atoms with Crippen molar-refractivity contribution in [3.8, 4) is 0 Å². The third kappa shape index (κ3) is 3.16. The van der Waals surface area contributed by atoms with E-state index < -0.39 is 0 Å². The van der Waals surface area contributed by atoms with E-state index in [0.717, 1.165) is 13.1 Å². The highest BCUT2D eigenvalue weighted by molar-refractivity contribution is 5.77. The molecule has 2 rings (SSSR count). The molecule has 0 bridgehead atoms. The van der Waals surface area contributed by atoms with Gasteiger partial charge in [0.2, 0.25) is 5.91 Å². The fraction of sp³-hybridized carbons (Fsp3) is 0.909. The second-order valence-corrected chi connectivity index (χ2v) is 4.86. The molecule has 0 saturated carbocycles. The number of carbonyl (C=O) groups excluding carboxylic acids is 1. The van der Waals surface area contributed by atoms with Crippen molar-refractivity contribution in [3.05, 3.63) is 0 Å². The van der Waals surface area contributed by atoms with Crippen LogP contribution in [0.2, 0.25) is 0 Å². The summed E-state index contributed by atoms with van der Waals surface area (Å²) in [6, 6.07) is 0. The number of nitrogens with one attached hydrogen (secondary N) is 1. The number of aliphatic hydroxyl groups is 1. The van der Waals surface area contributed by atoms with Crippen LogP contribution in [0.1, 0.15) is 6.92 Å². The molecule has 2 aliphatic heterocycles. The zero-order valence-corrected chi connectivity index (χ0v) is 10.1. The quantitative estimate of drug-likeness (QED) is 0.635. The van der Waals surface area contributed by atoms with Crippen molar-refractivity contribution in [2.45, 2.75) is 18.6 Å². The average molecular weight is 244 g/mol. The predicted octanol–water partition coefficient (Wildman–Crippen LogP) is -1.42. The number of nitrogens with zero attached hydrogens (tertiary/aromatic N) is 1. The van der Waals surface area contributed by atoms with Crippen LogP contribution in [-0.2, 0) is 14.3 Å². The van der Waals surface area contributed by atoms with Gasteiger partial charge in [0.05, 0.1) is 24.9 Å². The SMILES string of the molecule is CC1(OCC(=O)N2CCOC(CO)C2)CNC1. The first-order valence-electron chi connectivity index (χ1n) is 5.98. The van der Waals surface area contributed by atoms with E-state index in [1.807, 2.05) is 6.92 Å². The summed E-state index contributed by atoms with van der Waals surface area (Å²) in [6.45, 7) is 5.15. The van der Waals surface area contributed by atoms with E-state index in [1.54, 1.807) is 4.90 Å². The van der Waals surface area contributed by atoms with E-state index in [2.05, 4.69) is 5.32 Å². The second kappa shape index (κ2) is 5.30. The topological polar surface area (TPSA) is 71.0 Å². The molecule has 2 fully saturated rings. The Labute approximate surface area is 101 Å². The minimum absolute atomic E-state index is 0.0279. The molecule has 0 spiro atoms. The van der Waals surface area contributed by atoms with Crippen LogP contribution < -0.4 is 5.32 Å². The average Bonchev–Trinajstić information content (AvgIpc) is 2.33. The molecule has 0 aromatic rings. The minimum Gasteiger partial charge on any atom is -0.394 e. The number of hydrogen-bond donors (Lipinski definition) is 2. The summed E-state index contributed by atoms with van der Waals surface area (Å²) in [4.78, 5) is 13.6. The summed E-state index contributed by atoms with van der Waals surface area (Å²) in [5.41, 5.74) is -0.196. The number of aliphatic hydroxyl groups excluding tert-OH is 1. The Bertz CT molecular complexity index is 281. The fourth-order valence-corrected chi connectivity index (χ4v) is 1.96. The first-order chi connectivity index (χ1) is 8.13. The third-order valence-corrected chi connectivity index (χ3v) is 3.24. The van der Waals surface area contributed by atoms with Crippen LogP contribution >= 0.6 is 0 Å². The first kappa shape index (κ1) is 12.8. The molecule has 1 atom stereocenters. The lowest BCUT2D eigenvalue weighted by Crippen LogP contribution is -2.60. The monoisotopic (exact) mass is 244 g/mol. The Morgan fingerprint density at radius 1 is 1.65 bits per heavy atom. The molecule has 2 heterocycles. The molecule has 2 saturated heterocycles. The van der Waals surface area contributed by atoms with Crippen molar-refractivity contribution in [1.29, 1.82) is 0 Å². The summed E-state index contributed by atoms with van der Waals surface area (Å²) in [7, 11) is 0. The number of ether oxygens (including phenoxy) is 2. The maximum atomic E-state index is 11.9. The van der Waals surface area contributed by atoms with Crippen LogP contribution in [0.15, 0.2) is 0 Å². The molecule has 0 radical (unpaired) electrons. The molecule has 98 valence electrons. The van der Waals surface area contributed by atoms with E-state index in [4.69, 9.17) is 14.6 Å². The maximum absolute atomic E-state index is 11.9. The highest BCUT2D eigenvalue weighted by atomic mass is 16.5. The van der Waals surface area contributed by atoms with Crippen LogP contribution in [0.4, 0.5) is 0 Å².